The van der Waals surface area contributed by atoms with Crippen molar-refractivity contribution >= 4 is 27.5 Å². The molecule has 0 fully saturated rings. The lowest BCUT2D eigenvalue weighted by Gasteiger charge is -2.06. The zero-order valence-corrected chi connectivity index (χ0v) is 11.0. The predicted molar refractivity (Wildman–Crippen MR) is 68.1 cm³/mol. The molecule has 0 saturated carbocycles. The Morgan fingerprint density at radius 2 is 2.05 bits per heavy atom. The van der Waals surface area contributed by atoms with E-state index in [1.807, 2.05) is 4.72 Å². The lowest BCUT2D eigenvalue weighted by atomic mass is 10.3. The molecule has 1 amide bonds. The van der Waals surface area contributed by atoms with E-state index < -0.39 is 15.9 Å². The standard InChI is InChI=1S/C11H8ClN3O3S/c12-10-6-8(3-5-14-10)11(16)15-19(17,18)9-2-1-4-13-7-9/h1-7H,(H,15,16). The highest BCUT2D eigenvalue weighted by Crippen LogP contribution is 2.10. The van der Waals surface area contributed by atoms with Crippen LogP contribution in [0.15, 0.2) is 47.8 Å². The molecule has 0 atom stereocenters. The SMILES string of the molecule is O=C(NS(=O)(=O)c1cccnc1)c1ccnc(Cl)c1. The average Bonchev–Trinajstić information content (AvgIpc) is 2.39. The van der Waals surface area contributed by atoms with Crippen LogP contribution in [0.3, 0.4) is 0 Å². The second-order valence-electron chi connectivity index (χ2n) is 3.49. The van der Waals surface area contributed by atoms with Crippen molar-refractivity contribution in [3.05, 3.63) is 53.6 Å². The number of nitrogens with zero attached hydrogens (tertiary/aromatic N) is 2. The molecule has 8 heteroatoms. The molecule has 0 aromatic carbocycles. The van der Waals surface area contributed by atoms with Gasteiger partial charge in [-0.2, -0.15) is 0 Å². The van der Waals surface area contributed by atoms with E-state index in [9.17, 15) is 13.2 Å². The number of halogens is 1. The molecule has 0 aliphatic rings. The predicted octanol–water partition coefficient (Wildman–Crippen LogP) is 1.25. The van der Waals surface area contributed by atoms with Gasteiger partial charge in [0.2, 0.25) is 0 Å². The average molecular weight is 298 g/mol. The van der Waals surface area contributed by atoms with Crippen LogP contribution < -0.4 is 4.72 Å². The van der Waals surface area contributed by atoms with Gasteiger partial charge in [0, 0.05) is 24.2 Å². The van der Waals surface area contributed by atoms with Crippen molar-refractivity contribution in [1.29, 1.82) is 0 Å². The minimum Gasteiger partial charge on any atom is -0.268 e. The lowest BCUT2D eigenvalue weighted by Crippen LogP contribution is -2.30. The Kier molecular flexibility index (Phi) is 3.77. The summed E-state index contributed by atoms with van der Waals surface area (Å²) in [6, 6.07) is 5.43. The number of pyridine rings is 2. The molecule has 1 N–H and O–H groups in total. The molecule has 0 saturated heterocycles. The van der Waals surface area contributed by atoms with Crippen molar-refractivity contribution in [3.63, 3.8) is 0 Å². The minimum atomic E-state index is -3.95. The van der Waals surface area contributed by atoms with Crippen molar-refractivity contribution in [2.75, 3.05) is 0 Å². The normalized spacial score (nSPS) is 11.0. The lowest BCUT2D eigenvalue weighted by molar-refractivity contribution is 0.0981. The molecule has 19 heavy (non-hydrogen) atoms. The van der Waals surface area contributed by atoms with E-state index in [4.69, 9.17) is 11.6 Å². The first kappa shape index (κ1) is 13.4. The van der Waals surface area contributed by atoms with Crippen molar-refractivity contribution < 1.29 is 13.2 Å². The highest BCUT2D eigenvalue weighted by Gasteiger charge is 2.18. The van der Waals surface area contributed by atoms with E-state index in [0.717, 1.165) is 6.20 Å². The largest absolute Gasteiger partial charge is 0.268 e. The van der Waals surface area contributed by atoms with Gasteiger partial charge in [0.25, 0.3) is 15.9 Å². The van der Waals surface area contributed by atoms with Crippen LogP contribution in [0, 0.1) is 0 Å². The van der Waals surface area contributed by atoms with Crippen LogP contribution in [0.25, 0.3) is 0 Å². The van der Waals surface area contributed by atoms with Crippen LogP contribution in [0.1, 0.15) is 10.4 Å². The van der Waals surface area contributed by atoms with Gasteiger partial charge in [-0.1, -0.05) is 11.6 Å². The summed E-state index contributed by atoms with van der Waals surface area (Å²) in [5.41, 5.74) is 0.104. The van der Waals surface area contributed by atoms with E-state index in [1.54, 1.807) is 0 Å². The van der Waals surface area contributed by atoms with E-state index in [0.29, 0.717) is 0 Å². The monoisotopic (exact) mass is 297 g/mol. The van der Waals surface area contributed by atoms with Gasteiger partial charge in [-0.25, -0.2) is 18.1 Å². The third kappa shape index (κ3) is 3.27. The summed E-state index contributed by atoms with van der Waals surface area (Å²) in [6.45, 7) is 0. The minimum absolute atomic E-state index is 0.0940. The van der Waals surface area contributed by atoms with Crippen molar-refractivity contribution in [1.82, 2.24) is 14.7 Å². The molecule has 2 aromatic rings. The maximum Gasteiger partial charge on any atom is 0.265 e. The van der Waals surface area contributed by atoms with Gasteiger partial charge in [0.1, 0.15) is 10.0 Å². The molecule has 2 aromatic heterocycles. The second kappa shape index (κ2) is 5.33. The van der Waals surface area contributed by atoms with Crippen molar-refractivity contribution in [2.45, 2.75) is 4.90 Å². The molecule has 0 aliphatic carbocycles. The van der Waals surface area contributed by atoms with Gasteiger partial charge in [-0.15, -0.1) is 0 Å². The fraction of sp³-hybridized carbons (Fsp3) is 0. The summed E-state index contributed by atoms with van der Waals surface area (Å²) in [7, 11) is -3.95. The topological polar surface area (TPSA) is 89.0 Å². The maximum atomic E-state index is 11.9. The Balaban J connectivity index is 2.24. The number of sulfonamides is 1. The van der Waals surface area contributed by atoms with E-state index in [1.165, 1.54) is 36.7 Å². The molecule has 0 unspecified atom stereocenters. The van der Waals surface area contributed by atoms with Crippen LogP contribution >= 0.6 is 11.6 Å². The van der Waals surface area contributed by atoms with Gasteiger partial charge in [0.05, 0.1) is 0 Å². The number of carbonyl (C=O) groups excluding carboxylic acids is 1. The van der Waals surface area contributed by atoms with Crippen LogP contribution in [-0.4, -0.2) is 24.3 Å². The molecule has 98 valence electrons. The van der Waals surface area contributed by atoms with Crippen LogP contribution in [-0.2, 0) is 10.0 Å². The third-order valence-electron chi connectivity index (χ3n) is 2.16. The Morgan fingerprint density at radius 3 is 2.68 bits per heavy atom. The fourth-order valence-corrected chi connectivity index (χ4v) is 2.40. The van der Waals surface area contributed by atoms with Gasteiger partial charge >= 0.3 is 0 Å². The summed E-state index contributed by atoms with van der Waals surface area (Å²) in [5, 5.41) is 0.103. The summed E-state index contributed by atoms with van der Waals surface area (Å²) in [5.74, 6) is -0.784. The molecule has 0 radical (unpaired) electrons. The molecule has 2 rings (SSSR count). The number of hydrogen-bond donors (Lipinski definition) is 1. The fourth-order valence-electron chi connectivity index (χ4n) is 1.29. The van der Waals surface area contributed by atoms with Gasteiger partial charge in [-0.3, -0.25) is 9.78 Å². The first-order chi connectivity index (χ1) is 8.99. The van der Waals surface area contributed by atoms with Crippen LogP contribution in [0.5, 0.6) is 0 Å². The van der Waals surface area contributed by atoms with E-state index in [2.05, 4.69) is 9.97 Å². The molecule has 0 aliphatic heterocycles. The van der Waals surface area contributed by atoms with Gasteiger partial charge in [0.15, 0.2) is 0 Å². The molecular formula is C11H8ClN3O3S. The first-order valence-corrected chi connectivity index (χ1v) is 6.94. The highest BCUT2D eigenvalue weighted by atomic mass is 35.5. The smallest absolute Gasteiger partial charge is 0.265 e. The quantitative estimate of drug-likeness (QED) is 0.861. The molecule has 0 bridgehead atoms. The highest BCUT2D eigenvalue weighted by molar-refractivity contribution is 7.90. The molecular weight excluding hydrogens is 290 g/mol. The van der Waals surface area contributed by atoms with E-state index in [-0.39, 0.29) is 15.6 Å². The maximum absolute atomic E-state index is 11.9. The number of nitrogens with one attached hydrogen (secondary N) is 1. The zero-order valence-electron chi connectivity index (χ0n) is 9.45. The molecule has 2 heterocycles. The third-order valence-corrected chi connectivity index (χ3v) is 3.68. The number of carbonyl (C=O) groups is 1. The molecule has 6 nitrogen and oxygen atoms in total. The Morgan fingerprint density at radius 1 is 1.26 bits per heavy atom. The van der Waals surface area contributed by atoms with E-state index >= 15 is 0 Å². The first-order valence-electron chi connectivity index (χ1n) is 5.08. The number of hydrogen-bond acceptors (Lipinski definition) is 5. The summed E-state index contributed by atoms with van der Waals surface area (Å²) in [4.78, 5) is 19.1. The number of rotatable bonds is 3. The summed E-state index contributed by atoms with van der Waals surface area (Å²) >= 11 is 5.63. The zero-order chi connectivity index (χ0) is 13.9. The van der Waals surface area contributed by atoms with Gasteiger partial charge < -0.3 is 0 Å². The Bertz CT molecular complexity index is 704. The van der Waals surface area contributed by atoms with Crippen LogP contribution in [0.4, 0.5) is 0 Å². The summed E-state index contributed by atoms with van der Waals surface area (Å²) in [6.07, 6.45) is 3.90. The van der Waals surface area contributed by atoms with Crippen LogP contribution in [0.2, 0.25) is 5.15 Å². The molecule has 0 spiro atoms. The second-order valence-corrected chi connectivity index (χ2v) is 5.56. The van der Waals surface area contributed by atoms with Crippen molar-refractivity contribution in [2.24, 2.45) is 0 Å². The van der Waals surface area contributed by atoms with Crippen molar-refractivity contribution in [3.8, 4) is 0 Å². The summed E-state index contributed by atoms with van der Waals surface area (Å²) < 4.78 is 25.7. The number of aromatic nitrogens is 2. The van der Waals surface area contributed by atoms with Gasteiger partial charge in [-0.05, 0) is 24.3 Å². The Labute approximate surface area is 114 Å². The Hall–Kier alpha value is -1.99. The number of amides is 1.